The third-order valence-corrected chi connectivity index (χ3v) is 5.16. The zero-order valence-corrected chi connectivity index (χ0v) is 15.9. The lowest BCUT2D eigenvalue weighted by Gasteiger charge is -2.36. The van der Waals surface area contributed by atoms with E-state index in [0.717, 1.165) is 13.1 Å². The first kappa shape index (κ1) is 18.2. The number of aryl methyl sites for hydroxylation is 1. The molecule has 0 atom stereocenters. The zero-order valence-electron chi connectivity index (χ0n) is 15.9. The first-order valence-corrected chi connectivity index (χ1v) is 9.23. The van der Waals surface area contributed by atoms with Gasteiger partial charge in [-0.05, 0) is 49.2 Å². The molecule has 144 valence electrons. The Morgan fingerprint density at radius 1 is 1.04 bits per heavy atom. The average molecular weight is 380 g/mol. The number of nitrogens with zero attached hydrogens (tertiary/aromatic N) is 4. The predicted octanol–water partition coefficient (Wildman–Crippen LogP) is 3.45. The molecule has 0 radical (unpaired) electrons. The van der Waals surface area contributed by atoms with Gasteiger partial charge in [0.1, 0.15) is 5.82 Å². The van der Waals surface area contributed by atoms with E-state index >= 15 is 0 Å². The maximum Gasteiger partial charge on any atom is 0.311 e. The highest BCUT2D eigenvalue weighted by molar-refractivity contribution is 5.90. The molecule has 0 unspecified atom stereocenters. The van der Waals surface area contributed by atoms with Crippen molar-refractivity contribution in [2.45, 2.75) is 13.8 Å². The maximum absolute atomic E-state index is 13.4. The monoisotopic (exact) mass is 380 g/mol. The molecule has 28 heavy (non-hydrogen) atoms. The summed E-state index contributed by atoms with van der Waals surface area (Å²) < 4.78 is 18.9. The topological polar surface area (TPSA) is 62.5 Å². The quantitative estimate of drug-likeness (QED) is 0.696. The minimum absolute atomic E-state index is 0.0700. The molecular formula is C21H21FN4O2. The molecule has 0 N–H and O–H groups in total. The Kier molecular flexibility index (Phi) is 4.81. The van der Waals surface area contributed by atoms with Crippen LogP contribution in [0.25, 0.3) is 11.5 Å². The van der Waals surface area contributed by atoms with Crippen LogP contribution in [0.2, 0.25) is 0 Å². The normalized spacial score (nSPS) is 14.4. The SMILES string of the molecule is Cc1cccc(N2CCN(C(=O)c3nnc(-c4cccc(F)c4)o3)CC2)c1C. The van der Waals surface area contributed by atoms with E-state index in [9.17, 15) is 9.18 Å². The van der Waals surface area contributed by atoms with E-state index in [1.165, 1.54) is 28.9 Å². The fourth-order valence-corrected chi connectivity index (χ4v) is 3.41. The van der Waals surface area contributed by atoms with Gasteiger partial charge in [0.2, 0.25) is 5.89 Å². The number of halogens is 1. The summed E-state index contributed by atoms with van der Waals surface area (Å²) in [6.07, 6.45) is 0. The Bertz CT molecular complexity index is 1010. The summed E-state index contributed by atoms with van der Waals surface area (Å²) in [7, 11) is 0. The number of carbonyl (C=O) groups excluding carboxylic acids is 1. The van der Waals surface area contributed by atoms with Crippen LogP contribution in [-0.2, 0) is 0 Å². The molecule has 4 rings (SSSR count). The highest BCUT2D eigenvalue weighted by atomic mass is 19.1. The fourth-order valence-electron chi connectivity index (χ4n) is 3.41. The highest BCUT2D eigenvalue weighted by Gasteiger charge is 2.27. The van der Waals surface area contributed by atoms with Crippen molar-refractivity contribution in [2.75, 3.05) is 31.1 Å². The summed E-state index contributed by atoms with van der Waals surface area (Å²) in [6, 6.07) is 12.1. The Balaban J connectivity index is 1.44. The van der Waals surface area contributed by atoms with Crippen LogP contribution in [0.5, 0.6) is 0 Å². The molecule has 0 spiro atoms. The van der Waals surface area contributed by atoms with Gasteiger partial charge in [-0.15, -0.1) is 10.2 Å². The number of amides is 1. The Morgan fingerprint density at radius 2 is 1.79 bits per heavy atom. The van der Waals surface area contributed by atoms with E-state index in [4.69, 9.17) is 4.42 Å². The van der Waals surface area contributed by atoms with E-state index in [-0.39, 0.29) is 17.7 Å². The summed E-state index contributed by atoms with van der Waals surface area (Å²) in [6.45, 7) is 6.84. The minimum Gasteiger partial charge on any atom is -0.412 e. The number of rotatable bonds is 3. The predicted molar refractivity (Wildman–Crippen MR) is 104 cm³/mol. The summed E-state index contributed by atoms with van der Waals surface area (Å²) in [5, 5.41) is 7.74. The lowest BCUT2D eigenvalue weighted by atomic mass is 10.1. The third-order valence-electron chi connectivity index (χ3n) is 5.16. The van der Waals surface area contributed by atoms with Gasteiger partial charge in [-0.3, -0.25) is 4.79 Å². The van der Waals surface area contributed by atoms with Gasteiger partial charge >= 0.3 is 11.8 Å². The van der Waals surface area contributed by atoms with E-state index < -0.39 is 5.82 Å². The third kappa shape index (κ3) is 3.47. The number of aromatic nitrogens is 2. The van der Waals surface area contributed by atoms with Gasteiger partial charge < -0.3 is 14.2 Å². The number of hydrogen-bond acceptors (Lipinski definition) is 5. The van der Waals surface area contributed by atoms with Crippen LogP contribution in [0.1, 0.15) is 21.8 Å². The molecule has 0 aliphatic carbocycles. The second kappa shape index (κ2) is 7.42. The highest BCUT2D eigenvalue weighted by Crippen LogP contribution is 2.24. The fraction of sp³-hybridized carbons (Fsp3) is 0.286. The second-order valence-corrected chi connectivity index (χ2v) is 6.92. The van der Waals surface area contributed by atoms with E-state index in [1.54, 1.807) is 17.0 Å². The van der Waals surface area contributed by atoms with Crippen molar-refractivity contribution >= 4 is 11.6 Å². The minimum atomic E-state index is -0.397. The molecule has 2 aromatic carbocycles. The molecular weight excluding hydrogens is 359 g/mol. The lowest BCUT2D eigenvalue weighted by molar-refractivity contribution is 0.0707. The van der Waals surface area contributed by atoms with Gasteiger partial charge in [-0.2, -0.15) is 0 Å². The van der Waals surface area contributed by atoms with E-state index in [2.05, 4.69) is 47.1 Å². The maximum atomic E-state index is 13.4. The zero-order chi connectivity index (χ0) is 19.7. The van der Waals surface area contributed by atoms with Crippen molar-refractivity contribution in [1.82, 2.24) is 15.1 Å². The van der Waals surface area contributed by atoms with Crippen molar-refractivity contribution in [3.8, 4) is 11.5 Å². The number of anilines is 1. The van der Waals surface area contributed by atoms with E-state index in [0.29, 0.717) is 18.7 Å². The molecule has 0 saturated carbocycles. The van der Waals surface area contributed by atoms with Crippen molar-refractivity contribution < 1.29 is 13.6 Å². The van der Waals surface area contributed by atoms with Crippen LogP contribution < -0.4 is 4.90 Å². The van der Waals surface area contributed by atoms with Crippen LogP contribution in [0.15, 0.2) is 46.9 Å². The molecule has 1 amide bonds. The number of hydrogen-bond donors (Lipinski definition) is 0. The number of benzene rings is 2. The molecule has 1 fully saturated rings. The summed E-state index contributed by atoms with van der Waals surface area (Å²) in [5.41, 5.74) is 4.18. The Labute approximate surface area is 162 Å². The van der Waals surface area contributed by atoms with Gasteiger partial charge in [0.05, 0.1) is 0 Å². The molecule has 1 aromatic heterocycles. The molecule has 1 saturated heterocycles. The lowest BCUT2D eigenvalue weighted by Crippen LogP contribution is -2.49. The molecule has 7 heteroatoms. The second-order valence-electron chi connectivity index (χ2n) is 6.92. The van der Waals surface area contributed by atoms with Gasteiger partial charge in [-0.25, -0.2) is 4.39 Å². The van der Waals surface area contributed by atoms with Crippen LogP contribution in [0.4, 0.5) is 10.1 Å². The first-order valence-electron chi connectivity index (χ1n) is 9.23. The molecule has 1 aliphatic heterocycles. The molecule has 1 aliphatic rings. The van der Waals surface area contributed by atoms with Crippen molar-refractivity contribution in [3.63, 3.8) is 0 Å². The van der Waals surface area contributed by atoms with E-state index in [1.807, 2.05) is 0 Å². The summed E-state index contributed by atoms with van der Waals surface area (Å²) in [5.74, 6) is -0.627. The van der Waals surface area contributed by atoms with Crippen molar-refractivity contribution in [3.05, 3.63) is 65.3 Å². The van der Waals surface area contributed by atoms with Crippen LogP contribution >= 0.6 is 0 Å². The Morgan fingerprint density at radius 3 is 2.54 bits per heavy atom. The average Bonchev–Trinajstić information content (AvgIpc) is 3.20. The van der Waals surface area contributed by atoms with Crippen LogP contribution in [0.3, 0.4) is 0 Å². The smallest absolute Gasteiger partial charge is 0.311 e. The van der Waals surface area contributed by atoms with Crippen LogP contribution in [-0.4, -0.2) is 47.2 Å². The van der Waals surface area contributed by atoms with Gasteiger partial charge in [0, 0.05) is 37.4 Å². The van der Waals surface area contributed by atoms with Gasteiger partial charge in [0.15, 0.2) is 0 Å². The van der Waals surface area contributed by atoms with Crippen molar-refractivity contribution in [1.29, 1.82) is 0 Å². The molecule has 3 aromatic rings. The summed E-state index contributed by atoms with van der Waals surface area (Å²) >= 11 is 0. The largest absolute Gasteiger partial charge is 0.412 e. The van der Waals surface area contributed by atoms with Crippen molar-refractivity contribution in [2.24, 2.45) is 0 Å². The standard InChI is InChI=1S/C21H21FN4O2/c1-14-5-3-8-18(15(14)2)25-9-11-26(12-10-25)21(27)20-24-23-19(28-20)16-6-4-7-17(22)13-16/h3-8,13H,9-12H2,1-2H3. The molecule has 2 heterocycles. The summed E-state index contributed by atoms with van der Waals surface area (Å²) in [4.78, 5) is 16.7. The van der Waals surface area contributed by atoms with Gasteiger partial charge in [-0.1, -0.05) is 18.2 Å². The number of piperazine rings is 1. The van der Waals surface area contributed by atoms with Gasteiger partial charge in [0.25, 0.3) is 0 Å². The molecule has 0 bridgehead atoms. The first-order chi connectivity index (χ1) is 13.5. The molecule has 6 nitrogen and oxygen atoms in total. The Hall–Kier alpha value is -3.22. The number of carbonyl (C=O) groups is 1. The van der Waals surface area contributed by atoms with Crippen LogP contribution in [0, 0.1) is 19.7 Å².